The van der Waals surface area contributed by atoms with E-state index >= 15 is 0 Å². The number of amides is 1. The Balaban J connectivity index is 1.52. The Morgan fingerprint density at radius 3 is 2.54 bits per heavy atom. The molecule has 1 aliphatic heterocycles. The summed E-state index contributed by atoms with van der Waals surface area (Å²) in [6.45, 7) is 6.64. The quantitative estimate of drug-likeness (QED) is 0.697. The van der Waals surface area contributed by atoms with Crippen molar-refractivity contribution in [1.82, 2.24) is 9.88 Å². The maximum absolute atomic E-state index is 12.7. The van der Waals surface area contributed by atoms with E-state index in [4.69, 9.17) is 9.72 Å². The third-order valence-corrected chi connectivity index (χ3v) is 5.35. The van der Waals surface area contributed by atoms with Gasteiger partial charge in [-0.2, -0.15) is 0 Å². The summed E-state index contributed by atoms with van der Waals surface area (Å²) in [6.07, 6.45) is 0. The van der Waals surface area contributed by atoms with Crippen LogP contribution in [0.4, 0.5) is 5.82 Å². The van der Waals surface area contributed by atoms with E-state index in [1.165, 1.54) is 11.1 Å². The minimum absolute atomic E-state index is 0.136. The van der Waals surface area contributed by atoms with Gasteiger partial charge in [0, 0.05) is 31.1 Å². The van der Waals surface area contributed by atoms with Crippen LogP contribution in [0.25, 0.3) is 10.9 Å². The number of fused-ring (bicyclic) bond motifs is 1. The Hall–Kier alpha value is -3.08. The number of benzene rings is 2. The van der Waals surface area contributed by atoms with E-state index in [1.54, 1.807) is 7.11 Å². The average molecular weight is 375 g/mol. The SMILES string of the molecule is COc1ccc2c(C)cc(N3CCN(Cc4ccc(C)cc4)C(=O)C3)nc2c1. The lowest BCUT2D eigenvalue weighted by molar-refractivity contribution is -0.131. The molecule has 1 aliphatic rings. The summed E-state index contributed by atoms with van der Waals surface area (Å²) >= 11 is 0. The first-order valence-corrected chi connectivity index (χ1v) is 9.57. The molecule has 0 spiro atoms. The van der Waals surface area contributed by atoms with Crippen LogP contribution in [0.15, 0.2) is 48.5 Å². The van der Waals surface area contributed by atoms with Crippen molar-refractivity contribution >= 4 is 22.6 Å². The molecule has 5 nitrogen and oxygen atoms in total. The molecule has 1 saturated heterocycles. The number of nitrogens with zero attached hydrogens (tertiary/aromatic N) is 3. The van der Waals surface area contributed by atoms with Crippen LogP contribution < -0.4 is 9.64 Å². The summed E-state index contributed by atoms with van der Waals surface area (Å²) in [7, 11) is 1.66. The Morgan fingerprint density at radius 2 is 1.82 bits per heavy atom. The molecule has 1 amide bonds. The van der Waals surface area contributed by atoms with Crippen molar-refractivity contribution in [2.24, 2.45) is 0 Å². The lowest BCUT2D eigenvalue weighted by Gasteiger charge is -2.35. The molecule has 0 radical (unpaired) electrons. The lowest BCUT2D eigenvalue weighted by atomic mass is 10.1. The average Bonchev–Trinajstić information content (AvgIpc) is 2.70. The number of ether oxygens (including phenoxy) is 1. The van der Waals surface area contributed by atoms with Gasteiger partial charge in [-0.3, -0.25) is 4.79 Å². The van der Waals surface area contributed by atoms with Crippen LogP contribution in [0.5, 0.6) is 5.75 Å². The summed E-state index contributed by atoms with van der Waals surface area (Å²) in [6, 6.07) is 16.4. The first-order valence-electron chi connectivity index (χ1n) is 9.57. The number of aryl methyl sites for hydroxylation is 2. The summed E-state index contributed by atoms with van der Waals surface area (Å²) in [4.78, 5) is 21.5. The third-order valence-electron chi connectivity index (χ3n) is 5.35. The third kappa shape index (κ3) is 3.65. The lowest BCUT2D eigenvalue weighted by Crippen LogP contribution is -2.50. The molecular weight excluding hydrogens is 350 g/mol. The highest BCUT2D eigenvalue weighted by Gasteiger charge is 2.25. The van der Waals surface area contributed by atoms with Crippen LogP contribution >= 0.6 is 0 Å². The van der Waals surface area contributed by atoms with Crippen LogP contribution in [0.2, 0.25) is 0 Å². The molecule has 0 unspecified atom stereocenters. The van der Waals surface area contributed by atoms with Gasteiger partial charge >= 0.3 is 0 Å². The second-order valence-corrected chi connectivity index (χ2v) is 7.40. The van der Waals surface area contributed by atoms with Gasteiger partial charge in [-0.05, 0) is 43.2 Å². The Morgan fingerprint density at radius 1 is 1.04 bits per heavy atom. The number of anilines is 1. The topological polar surface area (TPSA) is 45.7 Å². The zero-order valence-electron chi connectivity index (χ0n) is 16.6. The Labute approximate surface area is 165 Å². The fourth-order valence-corrected chi connectivity index (χ4v) is 3.64. The van der Waals surface area contributed by atoms with Gasteiger partial charge in [-0.25, -0.2) is 4.98 Å². The minimum Gasteiger partial charge on any atom is -0.497 e. The number of hydrogen-bond acceptors (Lipinski definition) is 4. The molecule has 2 aromatic carbocycles. The van der Waals surface area contributed by atoms with E-state index in [0.717, 1.165) is 34.6 Å². The predicted octanol–water partition coefficient (Wildman–Crippen LogP) is 3.71. The van der Waals surface area contributed by atoms with Gasteiger partial charge in [0.05, 0.1) is 19.2 Å². The zero-order chi connectivity index (χ0) is 19.7. The van der Waals surface area contributed by atoms with E-state index in [1.807, 2.05) is 23.1 Å². The van der Waals surface area contributed by atoms with E-state index in [9.17, 15) is 4.79 Å². The number of carbonyl (C=O) groups excluding carboxylic acids is 1. The molecular formula is C23H25N3O2. The Kier molecular flexibility index (Phi) is 4.90. The summed E-state index contributed by atoms with van der Waals surface area (Å²) in [5.74, 6) is 1.77. The first kappa shape index (κ1) is 18.3. The van der Waals surface area contributed by atoms with Gasteiger partial charge in [-0.15, -0.1) is 0 Å². The van der Waals surface area contributed by atoms with Crippen LogP contribution in [0.3, 0.4) is 0 Å². The largest absolute Gasteiger partial charge is 0.497 e. The van der Waals surface area contributed by atoms with E-state index in [2.05, 4.69) is 49.1 Å². The summed E-state index contributed by atoms with van der Waals surface area (Å²) < 4.78 is 5.33. The van der Waals surface area contributed by atoms with Crippen molar-refractivity contribution in [3.63, 3.8) is 0 Å². The smallest absolute Gasteiger partial charge is 0.242 e. The van der Waals surface area contributed by atoms with Crippen molar-refractivity contribution in [1.29, 1.82) is 0 Å². The van der Waals surface area contributed by atoms with Gasteiger partial charge in [0.1, 0.15) is 11.6 Å². The second-order valence-electron chi connectivity index (χ2n) is 7.40. The van der Waals surface area contributed by atoms with E-state index in [0.29, 0.717) is 19.6 Å². The summed E-state index contributed by atoms with van der Waals surface area (Å²) in [5.41, 5.74) is 4.44. The Bertz CT molecular complexity index is 1010. The van der Waals surface area contributed by atoms with Crippen LogP contribution in [-0.2, 0) is 11.3 Å². The van der Waals surface area contributed by atoms with Gasteiger partial charge in [-0.1, -0.05) is 29.8 Å². The monoisotopic (exact) mass is 375 g/mol. The first-order chi connectivity index (χ1) is 13.5. The molecule has 0 atom stereocenters. The van der Waals surface area contributed by atoms with Crippen molar-refractivity contribution in [3.05, 3.63) is 65.2 Å². The van der Waals surface area contributed by atoms with Gasteiger partial charge in [0.15, 0.2) is 0 Å². The molecule has 5 heteroatoms. The normalized spacial score (nSPS) is 14.6. The minimum atomic E-state index is 0.136. The van der Waals surface area contributed by atoms with Gasteiger partial charge in [0.25, 0.3) is 0 Å². The van der Waals surface area contributed by atoms with Crippen molar-refractivity contribution in [3.8, 4) is 5.75 Å². The molecule has 144 valence electrons. The standard InChI is InChI=1S/C23H25N3O2/c1-16-4-6-18(7-5-16)14-26-11-10-25(15-23(26)27)22-12-17(2)20-9-8-19(28-3)13-21(20)24-22/h4-9,12-13H,10-11,14-15H2,1-3H3. The predicted molar refractivity (Wildman–Crippen MR) is 112 cm³/mol. The van der Waals surface area contributed by atoms with Gasteiger partial charge < -0.3 is 14.5 Å². The van der Waals surface area contributed by atoms with Crippen molar-refractivity contribution in [2.75, 3.05) is 31.6 Å². The summed E-state index contributed by atoms with van der Waals surface area (Å²) in [5, 5.41) is 1.11. The number of pyridine rings is 1. The number of piperazine rings is 1. The number of aromatic nitrogens is 1. The molecule has 4 rings (SSSR count). The molecule has 0 N–H and O–H groups in total. The maximum atomic E-state index is 12.7. The molecule has 3 aromatic rings. The second kappa shape index (κ2) is 7.50. The zero-order valence-corrected chi connectivity index (χ0v) is 16.6. The molecule has 1 fully saturated rings. The fourth-order valence-electron chi connectivity index (χ4n) is 3.64. The maximum Gasteiger partial charge on any atom is 0.242 e. The van der Waals surface area contributed by atoms with Crippen LogP contribution in [0.1, 0.15) is 16.7 Å². The van der Waals surface area contributed by atoms with Crippen molar-refractivity contribution < 1.29 is 9.53 Å². The molecule has 0 saturated carbocycles. The number of rotatable bonds is 4. The van der Waals surface area contributed by atoms with Crippen LogP contribution in [0, 0.1) is 13.8 Å². The highest BCUT2D eigenvalue weighted by Crippen LogP contribution is 2.26. The number of carbonyl (C=O) groups is 1. The molecule has 1 aromatic heterocycles. The van der Waals surface area contributed by atoms with Gasteiger partial charge in [0.2, 0.25) is 5.91 Å². The van der Waals surface area contributed by atoms with Crippen LogP contribution in [-0.4, -0.2) is 42.5 Å². The highest BCUT2D eigenvalue weighted by molar-refractivity contribution is 5.87. The fraction of sp³-hybridized carbons (Fsp3) is 0.304. The van der Waals surface area contributed by atoms with E-state index in [-0.39, 0.29) is 5.91 Å². The van der Waals surface area contributed by atoms with Crippen molar-refractivity contribution in [2.45, 2.75) is 20.4 Å². The molecule has 2 heterocycles. The van der Waals surface area contributed by atoms with E-state index < -0.39 is 0 Å². The highest BCUT2D eigenvalue weighted by atomic mass is 16.5. The molecule has 0 aliphatic carbocycles. The molecule has 28 heavy (non-hydrogen) atoms. The number of hydrogen-bond donors (Lipinski definition) is 0. The molecule has 0 bridgehead atoms. The number of methoxy groups -OCH3 is 1.